The van der Waals surface area contributed by atoms with Gasteiger partial charge in [0.05, 0.1) is 0 Å². The van der Waals surface area contributed by atoms with Crippen molar-refractivity contribution in [1.29, 1.82) is 0 Å². The van der Waals surface area contributed by atoms with Gasteiger partial charge in [0.1, 0.15) is 11.6 Å². The van der Waals surface area contributed by atoms with Gasteiger partial charge in [0.15, 0.2) is 0 Å². The van der Waals surface area contributed by atoms with Gasteiger partial charge in [-0.05, 0) is 69.7 Å². The van der Waals surface area contributed by atoms with E-state index in [0.717, 1.165) is 27.9 Å². The summed E-state index contributed by atoms with van der Waals surface area (Å²) in [6.45, 7) is 8.46. The third-order valence-corrected chi connectivity index (χ3v) is 5.78. The monoisotopic (exact) mass is 367 g/mol. The third kappa shape index (κ3) is 3.48. The Kier molecular flexibility index (Phi) is 5.25. The lowest BCUT2D eigenvalue weighted by atomic mass is 10.2. The van der Waals surface area contributed by atoms with Gasteiger partial charge in [-0.15, -0.1) is 16.0 Å². The first kappa shape index (κ1) is 18.1. The molecule has 5 heteroatoms. The Morgan fingerprint density at radius 2 is 1.32 bits per heavy atom. The highest BCUT2D eigenvalue weighted by atomic mass is 35.5. The summed E-state index contributed by atoms with van der Waals surface area (Å²) in [4.78, 5) is 4.99. The van der Waals surface area contributed by atoms with Crippen molar-refractivity contribution in [3.63, 3.8) is 0 Å². The summed E-state index contributed by atoms with van der Waals surface area (Å²) in [5.74, 6) is 2.45. The van der Waals surface area contributed by atoms with Crippen molar-refractivity contribution in [2.75, 3.05) is 5.88 Å². The van der Waals surface area contributed by atoms with E-state index in [1.165, 1.54) is 32.8 Å². The van der Waals surface area contributed by atoms with E-state index in [2.05, 4.69) is 79.3 Å². The van der Waals surface area contributed by atoms with Crippen molar-refractivity contribution in [1.82, 2.24) is 14.1 Å². The lowest BCUT2D eigenvalue weighted by Gasteiger charge is -2.16. The van der Waals surface area contributed by atoms with Crippen LogP contribution in [-0.4, -0.2) is 36.3 Å². The number of pyridine rings is 1. The number of aryl methyl sites for hydroxylation is 4. The zero-order chi connectivity index (χ0) is 18.1. The van der Waals surface area contributed by atoms with Gasteiger partial charge in [0.2, 0.25) is 0 Å². The van der Waals surface area contributed by atoms with E-state index in [-0.39, 0.29) is 0 Å². The van der Waals surface area contributed by atoms with E-state index in [9.17, 15) is 0 Å². The third-order valence-electron chi connectivity index (χ3n) is 4.64. The summed E-state index contributed by atoms with van der Waals surface area (Å²) in [7, 11) is 0. The average Bonchev–Trinajstić information content (AvgIpc) is 3.09. The second kappa shape index (κ2) is 7.25. The summed E-state index contributed by atoms with van der Waals surface area (Å²) in [5, 5.41) is 0. The molecule has 0 spiro atoms. The number of hydrogen-bond donors (Lipinski definition) is 0. The molecule has 25 heavy (non-hydrogen) atoms. The maximum Gasteiger partial charge on any atom is 0.259 e. The maximum atomic E-state index is 5.95. The molecule has 3 aromatic heterocycles. The fraction of sp³-hybridized carbons (Fsp3) is 0.250. The molecule has 0 saturated heterocycles. The van der Waals surface area contributed by atoms with E-state index in [1.54, 1.807) is 0 Å². The summed E-state index contributed by atoms with van der Waals surface area (Å²) in [5.41, 5.74) is 5.94. The van der Waals surface area contributed by atoms with Crippen LogP contribution in [0.15, 0.2) is 42.5 Å². The number of halogens is 1. The first-order valence-corrected chi connectivity index (χ1v) is 10.0. The molecule has 3 heterocycles. The Balaban J connectivity index is 2.28. The average molecular weight is 368 g/mol. The Morgan fingerprint density at radius 1 is 0.920 bits per heavy atom. The number of rotatable bonds is 4. The highest BCUT2D eigenvalue weighted by Crippen LogP contribution is 2.24. The molecule has 0 saturated carbocycles. The van der Waals surface area contributed by atoms with Crippen LogP contribution in [-0.2, 0) is 0 Å². The van der Waals surface area contributed by atoms with Gasteiger partial charge in [0, 0.05) is 28.7 Å². The van der Waals surface area contributed by atoms with E-state index >= 15 is 0 Å². The molecule has 0 fully saturated rings. The molecule has 0 amide bonds. The van der Waals surface area contributed by atoms with Crippen LogP contribution in [0.5, 0.6) is 0 Å². The zero-order valence-electron chi connectivity index (χ0n) is 15.5. The van der Waals surface area contributed by atoms with Crippen molar-refractivity contribution in [3.8, 4) is 11.6 Å². The second-order valence-corrected chi connectivity index (χ2v) is 7.90. The fourth-order valence-corrected chi connectivity index (χ4v) is 4.23. The van der Waals surface area contributed by atoms with Crippen LogP contribution >= 0.6 is 11.6 Å². The largest absolute Gasteiger partial charge is 0.303 e. The van der Waals surface area contributed by atoms with E-state index in [0.29, 0.717) is 5.88 Å². The summed E-state index contributed by atoms with van der Waals surface area (Å²) in [6.07, 6.45) is 2.10. The summed E-state index contributed by atoms with van der Waals surface area (Å²) < 4.78 is 5.71. The fourth-order valence-electron chi connectivity index (χ4n) is 3.25. The number of allylic oxidation sites excluding steroid dienone is 1. The summed E-state index contributed by atoms with van der Waals surface area (Å²) >= 11 is 6.89. The Labute approximate surface area is 162 Å². The minimum absolute atomic E-state index is 0.537. The van der Waals surface area contributed by atoms with Crippen molar-refractivity contribution in [3.05, 3.63) is 70.8 Å². The molecule has 0 aliphatic heterocycles. The Morgan fingerprint density at radius 3 is 1.68 bits per heavy atom. The molecule has 0 N–H and O–H groups in total. The standard InChI is InChI=1S/C20H21ClN3.Al.2H/c1-14-7-8-15(2)23(14)19-12-18(6-5-11-21)13-20(22-19)24-16(3)9-10-17(24)4;;;/h5,7-10,12-13H,11H2,1-4H3;;;. The SMILES string of the molecule is Cc1ccc(C)n1-c1cc(/[C]([AlH2])=C\CCl)cc(-n2c(C)ccc2C)n1. The first-order chi connectivity index (χ1) is 11.9. The van der Waals surface area contributed by atoms with Gasteiger partial charge < -0.3 is 9.13 Å². The highest BCUT2D eigenvalue weighted by molar-refractivity contribution is 6.42. The van der Waals surface area contributed by atoms with Crippen LogP contribution in [0.3, 0.4) is 0 Å². The van der Waals surface area contributed by atoms with Crippen molar-refractivity contribution >= 4 is 32.3 Å². The molecule has 0 aliphatic carbocycles. The predicted molar refractivity (Wildman–Crippen MR) is 109 cm³/mol. The molecule has 0 atom stereocenters. The van der Waals surface area contributed by atoms with E-state index in [4.69, 9.17) is 16.6 Å². The Bertz CT molecular complexity index is 847. The molecular formula is C20H23AlClN3. The van der Waals surface area contributed by atoms with Crippen LogP contribution in [0.2, 0.25) is 0 Å². The quantitative estimate of drug-likeness (QED) is 0.502. The van der Waals surface area contributed by atoms with Crippen molar-refractivity contribution < 1.29 is 0 Å². The van der Waals surface area contributed by atoms with Crippen LogP contribution in [0, 0.1) is 27.7 Å². The van der Waals surface area contributed by atoms with Gasteiger partial charge in [-0.2, -0.15) is 0 Å². The van der Waals surface area contributed by atoms with Crippen molar-refractivity contribution in [2.24, 2.45) is 0 Å². The predicted octanol–water partition coefficient (Wildman–Crippen LogP) is 4.11. The van der Waals surface area contributed by atoms with Crippen LogP contribution < -0.4 is 0 Å². The first-order valence-electron chi connectivity index (χ1n) is 8.48. The molecule has 0 unspecified atom stereocenters. The van der Waals surface area contributed by atoms with Crippen molar-refractivity contribution in [2.45, 2.75) is 27.7 Å². The van der Waals surface area contributed by atoms with Gasteiger partial charge in [-0.3, -0.25) is 0 Å². The molecule has 3 aromatic rings. The Hall–Kier alpha value is -1.73. The normalized spacial score (nSPS) is 12.0. The lowest BCUT2D eigenvalue weighted by Crippen LogP contribution is -2.08. The molecule has 0 aliphatic rings. The van der Waals surface area contributed by atoms with E-state index < -0.39 is 0 Å². The zero-order valence-corrected chi connectivity index (χ0v) is 18.2. The van der Waals surface area contributed by atoms with Gasteiger partial charge in [0.25, 0.3) is 16.3 Å². The summed E-state index contributed by atoms with van der Waals surface area (Å²) in [6, 6.07) is 12.9. The molecule has 3 rings (SSSR count). The van der Waals surface area contributed by atoms with Gasteiger partial charge >= 0.3 is 0 Å². The van der Waals surface area contributed by atoms with E-state index in [1.807, 2.05) is 0 Å². The number of nitrogens with zero attached hydrogens (tertiary/aromatic N) is 3. The molecule has 128 valence electrons. The topological polar surface area (TPSA) is 22.8 Å². The minimum atomic E-state index is 0.537. The smallest absolute Gasteiger partial charge is 0.259 e. The number of aromatic nitrogens is 3. The second-order valence-electron chi connectivity index (χ2n) is 6.52. The molecular weight excluding hydrogens is 345 g/mol. The van der Waals surface area contributed by atoms with Crippen LogP contribution in [0.1, 0.15) is 28.3 Å². The van der Waals surface area contributed by atoms with Crippen LogP contribution in [0.4, 0.5) is 0 Å². The van der Waals surface area contributed by atoms with Gasteiger partial charge in [-0.1, -0.05) is 6.08 Å². The number of hydrogen-bond acceptors (Lipinski definition) is 1. The number of alkyl halides is 1. The maximum absolute atomic E-state index is 5.95. The van der Waals surface area contributed by atoms with Crippen LogP contribution in [0.25, 0.3) is 16.1 Å². The molecule has 0 aromatic carbocycles. The molecule has 0 radical (unpaired) electrons. The molecule has 0 bridgehead atoms. The minimum Gasteiger partial charge on any atom is -0.303 e. The molecule has 3 nitrogen and oxygen atoms in total. The van der Waals surface area contributed by atoms with Gasteiger partial charge in [-0.25, -0.2) is 4.98 Å². The lowest BCUT2D eigenvalue weighted by molar-refractivity contribution is 0.872. The highest BCUT2D eigenvalue weighted by Gasteiger charge is 2.12.